The fourth-order valence-corrected chi connectivity index (χ4v) is 3.89. The molecule has 10 nitrogen and oxygen atoms in total. The van der Waals surface area contributed by atoms with E-state index in [4.69, 9.17) is 19.0 Å². The Morgan fingerprint density at radius 3 is 2.69 bits per heavy atom. The van der Waals surface area contributed by atoms with Crippen molar-refractivity contribution >= 4 is 17.0 Å². The van der Waals surface area contributed by atoms with Crippen LogP contribution in [0.4, 0.5) is 5.82 Å². The van der Waals surface area contributed by atoms with E-state index in [1.54, 1.807) is 4.57 Å². The smallest absolute Gasteiger partial charge is 0.295 e. The molecule has 0 spiro atoms. The van der Waals surface area contributed by atoms with Crippen LogP contribution in [0.2, 0.25) is 0 Å². The number of nitrogens with one attached hydrogen (secondary N) is 1. The molecule has 3 aromatic heterocycles. The number of pyridine rings is 1. The predicted octanol–water partition coefficient (Wildman–Crippen LogP) is 1.84. The Morgan fingerprint density at radius 1 is 1.16 bits per heavy atom. The highest BCUT2D eigenvalue weighted by molar-refractivity contribution is 5.77. The molecular formula is C22H30N6O4. The Hall–Kier alpha value is -2.82. The number of aryl methyl sites for hydroxylation is 2. The van der Waals surface area contributed by atoms with Crippen LogP contribution in [0.3, 0.4) is 0 Å². The summed E-state index contributed by atoms with van der Waals surface area (Å²) in [6.07, 6.45) is 0. The summed E-state index contributed by atoms with van der Waals surface area (Å²) in [4.78, 5) is 24.9. The van der Waals surface area contributed by atoms with Crippen molar-refractivity contribution in [2.45, 2.75) is 27.3 Å². The summed E-state index contributed by atoms with van der Waals surface area (Å²) in [6.45, 7) is 11.8. The van der Waals surface area contributed by atoms with Gasteiger partial charge >= 0.3 is 0 Å². The van der Waals surface area contributed by atoms with Gasteiger partial charge in [0.1, 0.15) is 11.3 Å². The summed E-state index contributed by atoms with van der Waals surface area (Å²) < 4.78 is 17.8. The molecule has 1 aliphatic rings. The van der Waals surface area contributed by atoms with Gasteiger partial charge in [-0.2, -0.15) is 0 Å². The summed E-state index contributed by atoms with van der Waals surface area (Å²) in [6, 6.07) is 3.77. The first-order valence-electron chi connectivity index (χ1n) is 11.0. The fraction of sp³-hybridized carbons (Fsp3) is 0.545. The van der Waals surface area contributed by atoms with Crippen LogP contribution in [0.1, 0.15) is 18.4 Å². The van der Waals surface area contributed by atoms with Gasteiger partial charge < -0.3 is 19.3 Å². The Bertz CT molecular complexity index is 1100. The van der Waals surface area contributed by atoms with Gasteiger partial charge in [-0.15, -0.1) is 0 Å². The van der Waals surface area contributed by atoms with Gasteiger partial charge in [-0.1, -0.05) is 5.16 Å². The molecule has 172 valence electrons. The Balaban J connectivity index is 1.65. The van der Waals surface area contributed by atoms with E-state index >= 15 is 0 Å². The van der Waals surface area contributed by atoms with Gasteiger partial charge in [-0.3, -0.25) is 14.3 Å². The van der Waals surface area contributed by atoms with Crippen LogP contribution in [0.25, 0.3) is 22.4 Å². The van der Waals surface area contributed by atoms with Gasteiger partial charge in [0, 0.05) is 32.8 Å². The number of ether oxygens (including phenoxy) is 2. The van der Waals surface area contributed by atoms with Crippen LogP contribution in [0.5, 0.6) is 0 Å². The molecule has 3 aromatic rings. The van der Waals surface area contributed by atoms with Crippen LogP contribution >= 0.6 is 0 Å². The van der Waals surface area contributed by atoms with Gasteiger partial charge in [-0.25, -0.2) is 9.97 Å². The summed E-state index contributed by atoms with van der Waals surface area (Å²) in [5.41, 5.74) is 3.25. The van der Waals surface area contributed by atoms with Crippen molar-refractivity contribution < 1.29 is 14.0 Å². The summed E-state index contributed by atoms with van der Waals surface area (Å²) in [5.74, 6) is 1.01. The van der Waals surface area contributed by atoms with Crippen LogP contribution in [-0.2, 0) is 16.0 Å². The Morgan fingerprint density at radius 2 is 1.97 bits per heavy atom. The maximum absolute atomic E-state index is 13.3. The number of aromatic nitrogens is 4. The zero-order chi connectivity index (χ0) is 22.5. The van der Waals surface area contributed by atoms with E-state index in [2.05, 4.69) is 20.4 Å². The third-order valence-corrected chi connectivity index (χ3v) is 5.57. The highest BCUT2D eigenvalue weighted by atomic mass is 16.5. The minimum Gasteiger partial charge on any atom is -0.380 e. The molecule has 0 unspecified atom stereocenters. The van der Waals surface area contributed by atoms with E-state index in [9.17, 15) is 4.79 Å². The number of nitrogens with zero attached hydrogens (tertiary/aromatic N) is 5. The van der Waals surface area contributed by atoms with Gasteiger partial charge in [0.15, 0.2) is 11.5 Å². The number of hydrogen-bond donors (Lipinski definition) is 1. The maximum atomic E-state index is 13.3. The van der Waals surface area contributed by atoms with Gasteiger partial charge in [0.2, 0.25) is 0 Å². The minimum absolute atomic E-state index is 0.206. The second-order valence-corrected chi connectivity index (χ2v) is 7.73. The second-order valence-electron chi connectivity index (χ2n) is 7.73. The number of fused-ring (bicyclic) bond motifs is 1. The zero-order valence-electron chi connectivity index (χ0n) is 18.9. The normalized spacial score (nSPS) is 14.8. The van der Waals surface area contributed by atoms with Crippen molar-refractivity contribution in [3.63, 3.8) is 0 Å². The minimum atomic E-state index is -0.206. The Kier molecular flexibility index (Phi) is 7.13. The van der Waals surface area contributed by atoms with E-state index in [0.29, 0.717) is 54.7 Å². The maximum Gasteiger partial charge on any atom is 0.295 e. The van der Waals surface area contributed by atoms with Crippen LogP contribution in [-0.4, -0.2) is 77.2 Å². The van der Waals surface area contributed by atoms with Crippen molar-refractivity contribution in [3.05, 3.63) is 33.9 Å². The van der Waals surface area contributed by atoms with E-state index in [1.807, 2.05) is 32.9 Å². The number of rotatable bonds is 9. The predicted molar refractivity (Wildman–Crippen MR) is 121 cm³/mol. The largest absolute Gasteiger partial charge is 0.380 e. The number of hydrogen-bond acceptors (Lipinski definition) is 9. The lowest BCUT2D eigenvalue weighted by Crippen LogP contribution is -2.39. The molecule has 0 atom stereocenters. The SMILES string of the molecule is CCOCCn1c(=O)c(NCCN2CCOCC2)nc2ccc(-c3c(C)noc3C)nc21. The molecule has 4 heterocycles. The van der Waals surface area contributed by atoms with Crippen molar-refractivity contribution in [3.8, 4) is 11.3 Å². The van der Waals surface area contributed by atoms with E-state index in [0.717, 1.165) is 44.1 Å². The van der Waals surface area contributed by atoms with Gasteiger partial charge in [0.05, 0.1) is 43.3 Å². The van der Waals surface area contributed by atoms with Crippen LogP contribution in [0, 0.1) is 13.8 Å². The molecule has 4 rings (SSSR count). The highest BCUT2D eigenvalue weighted by Gasteiger charge is 2.17. The summed E-state index contributed by atoms with van der Waals surface area (Å²) >= 11 is 0. The lowest BCUT2D eigenvalue weighted by atomic mass is 10.1. The summed E-state index contributed by atoms with van der Waals surface area (Å²) in [7, 11) is 0. The molecule has 0 aliphatic carbocycles. The standard InChI is InChI=1S/C22H30N6O4/c1-4-30-14-11-28-21-18(6-5-17(25-21)19-15(2)26-32-16(19)3)24-20(22(28)29)23-7-8-27-9-12-31-13-10-27/h5-6H,4,7-14H2,1-3H3,(H,23,24). The summed E-state index contributed by atoms with van der Waals surface area (Å²) in [5, 5.41) is 7.24. The molecule has 1 fully saturated rings. The zero-order valence-corrected chi connectivity index (χ0v) is 18.9. The molecule has 1 N–H and O–H groups in total. The number of morpholine rings is 1. The quantitative estimate of drug-likeness (QED) is 0.497. The lowest BCUT2D eigenvalue weighted by molar-refractivity contribution is 0.0398. The molecule has 0 radical (unpaired) electrons. The average Bonchev–Trinajstić information content (AvgIpc) is 3.14. The first-order valence-corrected chi connectivity index (χ1v) is 11.0. The van der Waals surface area contributed by atoms with Crippen molar-refractivity contribution in [1.29, 1.82) is 0 Å². The molecule has 1 aliphatic heterocycles. The van der Waals surface area contributed by atoms with Crippen molar-refractivity contribution in [2.75, 3.05) is 57.9 Å². The second kappa shape index (κ2) is 10.2. The van der Waals surface area contributed by atoms with Crippen LogP contribution in [0.15, 0.2) is 21.5 Å². The first-order chi connectivity index (χ1) is 15.6. The van der Waals surface area contributed by atoms with Gasteiger partial charge in [-0.05, 0) is 32.9 Å². The molecule has 0 aromatic carbocycles. The molecule has 0 amide bonds. The Labute approximate surface area is 186 Å². The lowest BCUT2D eigenvalue weighted by Gasteiger charge is -2.26. The van der Waals surface area contributed by atoms with Crippen molar-refractivity contribution in [1.82, 2.24) is 24.6 Å². The molecule has 1 saturated heterocycles. The third kappa shape index (κ3) is 4.82. The van der Waals surface area contributed by atoms with Crippen LogP contribution < -0.4 is 10.9 Å². The topological polar surface area (TPSA) is 108 Å². The molecular weight excluding hydrogens is 412 g/mol. The highest BCUT2D eigenvalue weighted by Crippen LogP contribution is 2.26. The molecule has 0 saturated carbocycles. The monoisotopic (exact) mass is 442 g/mol. The third-order valence-electron chi connectivity index (χ3n) is 5.57. The van der Waals surface area contributed by atoms with E-state index in [1.165, 1.54) is 0 Å². The van der Waals surface area contributed by atoms with Crippen molar-refractivity contribution in [2.24, 2.45) is 0 Å². The average molecular weight is 443 g/mol. The fourth-order valence-electron chi connectivity index (χ4n) is 3.89. The molecule has 10 heteroatoms. The number of anilines is 1. The van der Waals surface area contributed by atoms with Gasteiger partial charge in [0.25, 0.3) is 5.56 Å². The first kappa shape index (κ1) is 22.4. The van der Waals surface area contributed by atoms with E-state index < -0.39 is 0 Å². The molecule has 0 bridgehead atoms. The van der Waals surface area contributed by atoms with E-state index in [-0.39, 0.29) is 5.56 Å². The molecule has 32 heavy (non-hydrogen) atoms.